The smallest absolute Gasteiger partial charge is 0.233 e. The quantitative estimate of drug-likeness (QED) is 0.663. The molecule has 0 bridgehead atoms. The van der Waals surface area contributed by atoms with Crippen molar-refractivity contribution in [3.05, 3.63) is 36.2 Å². The van der Waals surface area contributed by atoms with Crippen LogP contribution in [0, 0.1) is 0 Å². The van der Waals surface area contributed by atoms with Crippen molar-refractivity contribution in [1.29, 1.82) is 0 Å². The lowest BCUT2D eigenvalue weighted by atomic mass is 10.1. The van der Waals surface area contributed by atoms with Crippen LogP contribution in [0.25, 0.3) is 0 Å². The van der Waals surface area contributed by atoms with Gasteiger partial charge in [-0.1, -0.05) is 24.8 Å². The fourth-order valence-electron chi connectivity index (χ4n) is 3.52. The zero-order chi connectivity index (χ0) is 19.3. The van der Waals surface area contributed by atoms with Crippen molar-refractivity contribution in [2.75, 3.05) is 38.7 Å². The Balaban J connectivity index is 1.23. The summed E-state index contributed by atoms with van der Waals surface area (Å²) >= 11 is 1.53. The van der Waals surface area contributed by atoms with Crippen molar-refractivity contribution in [2.24, 2.45) is 0 Å². The van der Waals surface area contributed by atoms with Crippen molar-refractivity contribution in [3.8, 4) is 11.5 Å². The topological polar surface area (TPSA) is 59.8 Å². The maximum absolute atomic E-state index is 12.6. The van der Waals surface area contributed by atoms with Crippen molar-refractivity contribution < 1.29 is 14.3 Å². The van der Waals surface area contributed by atoms with Gasteiger partial charge in [0.1, 0.15) is 0 Å². The fraction of sp³-hybridized carbons (Fsp3) is 0.500. The van der Waals surface area contributed by atoms with Gasteiger partial charge in [-0.15, -0.1) is 0 Å². The van der Waals surface area contributed by atoms with Crippen molar-refractivity contribution in [3.63, 3.8) is 0 Å². The molecule has 4 rings (SSSR count). The number of thioether (sulfide) groups is 1. The molecule has 0 unspecified atom stereocenters. The number of carbonyl (C=O) groups is 1. The van der Waals surface area contributed by atoms with E-state index in [4.69, 9.17) is 9.47 Å². The van der Waals surface area contributed by atoms with Crippen molar-refractivity contribution in [1.82, 2.24) is 19.4 Å². The summed E-state index contributed by atoms with van der Waals surface area (Å²) in [6.07, 6.45) is 4.84. The SMILES string of the molecule is CCCn1ccnc1SCC(=O)N1CCN(Cc2ccc3c(c2)OCO3)CC1. The molecular weight excluding hydrogens is 376 g/mol. The molecule has 0 N–H and O–H groups in total. The highest BCUT2D eigenvalue weighted by Gasteiger charge is 2.22. The zero-order valence-corrected chi connectivity index (χ0v) is 17.0. The summed E-state index contributed by atoms with van der Waals surface area (Å²) < 4.78 is 12.9. The number of hydrogen-bond acceptors (Lipinski definition) is 6. The second-order valence-electron chi connectivity index (χ2n) is 7.04. The van der Waals surface area contributed by atoms with E-state index in [0.29, 0.717) is 12.5 Å². The predicted octanol–water partition coefficient (Wildman–Crippen LogP) is 2.46. The van der Waals surface area contributed by atoms with Crippen molar-refractivity contribution in [2.45, 2.75) is 31.6 Å². The first-order chi connectivity index (χ1) is 13.7. The molecule has 7 nitrogen and oxygen atoms in total. The molecule has 150 valence electrons. The molecule has 3 heterocycles. The van der Waals surface area contributed by atoms with Crippen LogP contribution in [0.15, 0.2) is 35.7 Å². The van der Waals surface area contributed by atoms with Crippen LogP contribution in [0.4, 0.5) is 0 Å². The number of rotatable bonds is 7. The highest BCUT2D eigenvalue weighted by molar-refractivity contribution is 7.99. The number of piperazine rings is 1. The Morgan fingerprint density at radius 2 is 2.00 bits per heavy atom. The van der Waals surface area contributed by atoms with E-state index in [-0.39, 0.29) is 5.91 Å². The predicted molar refractivity (Wildman–Crippen MR) is 108 cm³/mol. The molecule has 2 aliphatic rings. The first-order valence-corrected chi connectivity index (χ1v) is 10.7. The van der Waals surface area contributed by atoms with Crippen LogP contribution in [0.1, 0.15) is 18.9 Å². The van der Waals surface area contributed by atoms with Crippen LogP contribution in [0.2, 0.25) is 0 Å². The first-order valence-electron chi connectivity index (χ1n) is 9.75. The number of nitrogens with zero attached hydrogens (tertiary/aromatic N) is 4. The lowest BCUT2D eigenvalue weighted by Crippen LogP contribution is -2.48. The Kier molecular flexibility index (Phi) is 6.07. The molecule has 0 saturated carbocycles. The number of carbonyl (C=O) groups excluding carboxylic acids is 1. The lowest BCUT2D eigenvalue weighted by molar-refractivity contribution is -0.130. The molecule has 2 aromatic rings. The molecule has 2 aliphatic heterocycles. The first kappa shape index (κ1) is 19.1. The maximum atomic E-state index is 12.6. The van der Waals surface area contributed by atoms with E-state index in [2.05, 4.69) is 33.5 Å². The molecule has 0 atom stereocenters. The Labute approximate surface area is 169 Å². The molecule has 1 amide bonds. The molecule has 1 fully saturated rings. The molecular formula is C20H26N4O3S. The number of aryl methyl sites for hydroxylation is 1. The zero-order valence-electron chi connectivity index (χ0n) is 16.2. The van der Waals surface area contributed by atoms with Crippen LogP contribution in [0.5, 0.6) is 11.5 Å². The van der Waals surface area contributed by atoms with E-state index in [1.807, 2.05) is 17.2 Å². The minimum absolute atomic E-state index is 0.193. The third-order valence-electron chi connectivity index (χ3n) is 5.03. The van der Waals surface area contributed by atoms with Gasteiger partial charge in [-0.05, 0) is 24.1 Å². The van der Waals surface area contributed by atoms with Crippen LogP contribution >= 0.6 is 11.8 Å². The number of fused-ring (bicyclic) bond motifs is 1. The average Bonchev–Trinajstić information content (AvgIpc) is 3.36. The summed E-state index contributed by atoms with van der Waals surface area (Å²) in [5.74, 6) is 2.28. The fourth-order valence-corrected chi connectivity index (χ4v) is 4.41. The van der Waals surface area contributed by atoms with E-state index in [1.165, 1.54) is 17.3 Å². The van der Waals surface area contributed by atoms with Crippen LogP contribution in [0.3, 0.4) is 0 Å². The molecule has 1 aromatic carbocycles. The molecule has 0 aliphatic carbocycles. The van der Waals surface area contributed by atoms with E-state index in [0.717, 1.165) is 62.3 Å². The number of benzene rings is 1. The Hall–Kier alpha value is -2.19. The Morgan fingerprint density at radius 1 is 1.18 bits per heavy atom. The normalized spacial score (nSPS) is 16.5. The summed E-state index contributed by atoms with van der Waals surface area (Å²) in [7, 11) is 0. The van der Waals surface area contributed by atoms with E-state index in [9.17, 15) is 4.79 Å². The number of amides is 1. The molecule has 0 spiro atoms. The van der Waals surface area contributed by atoms with Gasteiger partial charge in [-0.3, -0.25) is 9.69 Å². The minimum Gasteiger partial charge on any atom is -0.454 e. The van der Waals surface area contributed by atoms with E-state index < -0.39 is 0 Å². The highest BCUT2D eigenvalue weighted by atomic mass is 32.2. The van der Waals surface area contributed by atoms with Crippen molar-refractivity contribution >= 4 is 17.7 Å². The third kappa shape index (κ3) is 4.44. The van der Waals surface area contributed by atoms with Gasteiger partial charge in [0.15, 0.2) is 16.7 Å². The minimum atomic E-state index is 0.193. The monoisotopic (exact) mass is 402 g/mol. The van der Waals surface area contributed by atoms with Gasteiger partial charge in [0.25, 0.3) is 0 Å². The molecule has 1 aromatic heterocycles. The van der Waals surface area contributed by atoms with Gasteiger partial charge in [0.2, 0.25) is 12.7 Å². The van der Waals surface area contributed by atoms with Crippen LogP contribution < -0.4 is 9.47 Å². The number of imidazole rings is 1. The van der Waals surface area contributed by atoms with Crippen LogP contribution in [-0.4, -0.2) is 64.0 Å². The van der Waals surface area contributed by atoms with Crippen LogP contribution in [-0.2, 0) is 17.9 Å². The van der Waals surface area contributed by atoms with Gasteiger partial charge in [-0.2, -0.15) is 0 Å². The average molecular weight is 403 g/mol. The number of hydrogen-bond donors (Lipinski definition) is 0. The third-order valence-corrected chi connectivity index (χ3v) is 6.02. The summed E-state index contributed by atoms with van der Waals surface area (Å²) in [6, 6.07) is 6.10. The van der Waals surface area contributed by atoms with E-state index in [1.54, 1.807) is 6.20 Å². The summed E-state index contributed by atoms with van der Waals surface area (Å²) in [6.45, 7) is 7.56. The number of ether oxygens (including phenoxy) is 2. The molecule has 0 radical (unpaired) electrons. The Bertz CT molecular complexity index is 818. The van der Waals surface area contributed by atoms with Gasteiger partial charge < -0.3 is 18.9 Å². The highest BCUT2D eigenvalue weighted by Crippen LogP contribution is 2.32. The molecule has 1 saturated heterocycles. The second kappa shape index (κ2) is 8.87. The van der Waals surface area contributed by atoms with Gasteiger partial charge in [0.05, 0.1) is 5.75 Å². The molecule has 28 heavy (non-hydrogen) atoms. The van der Waals surface area contributed by atoms with E-state index >= 15 is 0 Å². The summed E-state index contributed by atoms with van der Waals surface area (Å²) in [5.41, 5.74) is 1.21. The number of aromatic nitrogens is 2. The summed E-state index contributed by atoms with van der Waals surface area (Å²) in [5, 5.41) is 0.927. The lowest BCUT2D eigenvalue weighted by Gasteiger charge is -2.34. The van der Waals surface area contributed by atoms with Gasteiger partial charge in [-0.25, -0.2) is 4.98 Å². The Morgan fingerprint density at radius 3 is 2.82 bits per heavy atom. The standard InChI is InChI=1S/C20H26N4O3S/c1-2-6-24-7-5-21-20(24)28-14-19(25)23-10-8-22(9-11-23)13-16-3-4-17-18(12-16)27-15-26-17/h3-5,7,12H,2,6,8-11,13-15H2,1H3. The second-order valence-corrected chi connectivity index (χ2v) is 7.98. The van der Waals surface area contributed by atoms with Gasteiger partial charge in [0, 0.05) is 51.7 Å². The summed E-state index contributed by atoms with van der Waals surface area (Å²) in [4.78, 5) is 21.3. The van der Waals surface area contributed by atoms with Gasteiger partial charge >= 0.3 is 0 Å². The maximum Gasteiger partial charge on any atom is 0.233 e. The molecule has 8 heteroatoms. The largest absolute Gasteiger partial charge is 0.454 e.